The Morgan fingerprint density at radius 3 is 2.75 bits per heavy atom. The molecule has 3 heterocycles. The number of amides is 2. The number of hydrogen-bond acceptors (Lipinski definition) is 7. The van der Waals surface area contributed by atoms with E-state index in [0.717, 1.165) is 5.57 Å². The molecule has 1 aromatic rings. The van der Waals surface area contributed by atoms with E-state index >= 15 is 0 Å². The molecule has 0 saturated carbocycles. The first kappa shape index (κ1) is 22.8. The summed E-state index contributed by atoms with van der Waals surface area (Å²) in [6.45, 7) is 3.09. The SMILES string of the molecule is CCOC(=O)CNC(=O)C1CCN(C2NC(=O)C3SC=C(c4ccccc4F)C3N2)CC1. The van der Waals surface area contributed by atoms with Crippen molar-refractivity contribution in [3.8, 4) is 0 Å². The summed E-state index contributed by atoms with van der Waals surface area (Å²) in [4.78, 5) is 38.6. The molecule has 0 radical (unpaired) electrons. The molecular formula is C22H27FN4O4S. The van der Waals surface area contributed by atoms with E-state index < -0.39 is 5.97 Å². The quantitative estimate of drug-likeness (QED) is 0.544. The molecule has 3 N–H and O–H groups in total. The molecule has 2 amide bonds. The number of hydrogen-bond donors (Lipinski definition) is 3. The molecule has 1 aromatic carbocycles. The molecule has 172 valence electrons. The number of carbonyl (C=O) groups is 3. The summed E-state index contributed by atoms with van der Waals surface area (Å²) >= 11 is 1.40. The zero-order valence-electron chi connectivity index (χ0n) is 17.8. The molecule has 0 bridgehead atoms. The number of thioether (sulfide) groups is 1. The topological polar surface area (TPSA) is 99.8 Å². The third-order valence-electron chi connectivity index (χ3n) is 6.02. The van der Waals surface area contributed by atoms with Crippen LogP contribution in [0.25, 0.3) is 5.57 Å². The minimum absolute atomic E-state index is 0.0827. The predicted molar refractivity (Wildman–Crippen MR) is 119 cm³/mol. The minimum Gasteiger partial charge on any atom is -0.465 e. The van der Waals surface area contributed by atoms with E-state index in [1.165, 1.54) is 17.8 Å². The summed E-state index contributed by atoms with van der Waals surface area (Å²) in [5.41, 5.74) is 1.29. The molecule has 8 nitrogen and oxygen atoms in total. The van der Waals surface area contributed by atoms with Crippen molar-refractivity contribution < 1.29 is 23.5 Å². The van der Waals surface area contributed by atoms with Gasteiger partial charge in [0.2, 0.25) is 11.8 Å². The highest BCUT2D eigenvalue weighted by atomic mass is 32.2. The lowest BCUT2D eigenvalue weighted by Crippen LogP contribution is -2.68. The van der Waals surface area contributed by atoms with Crippen LogP contribution in [0.1, 0.15) is 25.3 Å². The molecule has 0 spiro atoms. The number of nitrogens with zero attached hydrogens (tertiary/aromatic N) is 1. The van der Waals surface area contributed by atoms with E-state index in [1.807, 2.05) is 5.41 Å². The normalized spacial score (nSPS) is 26.1. The first-order valence-corrected chi connectivity index (χ1v) is 11.8. The summed E-state index contributed by atoms with van der Waals surface area (Å²) in [7, 11) is 0. The molecule has 3 unspecified atom stereocenters. The molecule has 2 fully saturated rings. The second-order valence-corrected chi connectivity index (χ2v) is 9.01. The van der Waals surface area contributed by atoms with Crippen molar-refractivity contribution in [1.29, 1.82) is 0 Å². The van der Waals surface area contributed by atoms with Crippen LogP contribution < -0.4 is 16.0 Å². The maximum absolute atomic E-state index is 14.4. The van der Waals surface area contributed by atoms with Gasteiger partial charge in [0, 0.05) is 24.6 Å². The maximum Gasteiger partial charge on any atom is 0.325 e. The Hall–Kier alpha value is -2.43. The third kappa shape index (κ3) is 4.82. The predicted octanol–water partition coefficient (Wildman–Crippen LogP) is 1.04. The van der Waals surface area contributed by atoms with E-state index in [9.17, 15) is 18.8 Å². The Kier molecular flexibility index (Phi) is 7.12. The smallest absolute Gasteiger partial charge is 0.325 e. The van der Waals surface area contributed by atoms with Crippen LogP contribution in [-0.4, -0.2) is 66.5 Å². The number of halogens is 1. The van der Waals surface area contributed by atoms with E-state index in [-0.39, 0.29) is 54.3 Å². The first-order chi connectivity index (χ1) is 15.5. The summed E-state index contributed by atoms with van der Waals surface area (Å²) in [5.74, 6) is -1.19. The number of rotatable bonds is 6. The number of fused-ring (bicyclic) bond motifs is 1. The molecule has 3 aliphatic rings. The van der Waals surface area contributed by atoms with Crippen molar-refractivity contribution in [1.82, 2.24) is 20.9 Å². The number of carbonyl (C=O) groups excluding carboxylic acids is 3. The number of esters is 1. The maximum atomic E-state index is 14.4. The van der Waals surface area contributed by atoms with E-state index in [1.54, 1.807) is 25.1 Å². The van der Waals surface area contributed by atoms with Crippen molar-refractivity contribution >= 4 is 35.1 Å². The van der Waals surface area contributed by atoms with Gasteiger partial charge < -0.3 is 15.4 Å². The monoisotopic (exact) mass is 462 g/mol. The molecule has 10 heteroatoms. The highest BCUT2D eigenvalue weighted by Crippen LogP contribution is 2.39. The molecule has 32 heavy (non-hydrogen) atoms. The fourth-order valence-corrected chi connectivity index (χ4v) is 5.48. The van der Waals surface area contributed by atoms with Gasteiger partial charge in [0.05, 0.1) is 12.6 Å². The zero-order chi connectivity index (χ0) is 22.7. The molecule has 2 saturated heterocycles. The number of nitrogens with one attached hydrogen (secondary N) is 3. The van der Waals surface area contributed by atoms with Gasteiger partial charge in [-0.25, -0.2) is 4.39 Å². The van der Waals surface area contributed by atoms with Crippen molar-refractivity contribution in [2.45, 2.75) is 37.3 Å². The second kappa shape index (κ2) is 10.0. The van der Waals surface area contributed by atoms with Crippen molar-refractivity contribution in [3.63, 3.8) is 0 Å². The number of piperidine rings is 1. The van der Waals surface area contributed by atoms with Crippen LogP contribution in [0.2, 0.25) is 0 Å². The Balaban J connectivity index is 1.34. The van der Waals surface area contributed by atoms with Gasteiger partial charge in [-0.3, -0.25) is 24.6 Å². The Bertz CT molecular complexity index is 919. The Morgan fingerprint density at radius 2 is 2.03 bits per heavy atom. The van der Waals surface area contributed by atoms with Crippen LogP contribution in [0.15, 0.2) is 29.7 Å². The average Bonchev–Trinajstić information content (AvgIpc) is 3.22. The van der Waals surface area contributed by atoms with Gasteiger partial charge in [-0.05, 0) is 36.8 Å². The minimum atomic E-state index is -0.449. The molecule has 4 rings (SSSR count). The standard InChI is InChI=1S/C22H27FN4O4S/c1-2-31-17(28)11-24-20(29)13-7-9-27(10-8-13)22-25-18-15(12-32-19(18)21(30)26-22)14-5-3-4-6-16(14)23/h3-6,12-13,18-19,22,25H,2,7-11H2,1H3,(H,24,29)(H,26,30). The fraction of sp³-hybridized carbons (Fsp3) is 0.500. The van der Waals surface area contributed by atoms with Crippen molar-refractivity contribution in [3.05, 3.63) is 41.1 Å². The number of likely N-dealkylation sites (tertiary alicyclic amines) is 1. The highest BCUT2D eigenvalue weighted by Gasteiger charge is 2.44. The second-order valence-electron chi connectivity index (χ2n) is 8.00. The van der Waals surface area contributed by atoms with Gasteiger partial charge in [-0.1, -0.05) is 18.2 Å². The zero-order valence-corrected chi connectivity index (χ0v) is 18.6. The summed E-state index contributed by atoms with van der Waals surface area (Å²) in [5, 5.41) is 10.6. The molecule has 0 aromatic heterocycles. The third-order valence-corrected chi connectivity index (χ3v) is 7.19. The van der Waals surface area contributed by atoms with E-state index in [0.29, 0.717) is 31.5 Å². The number of benzene rings is 1. The summed E-state index contributed by atoms with van der Waals surface area (Å²) < 4.78 is 19.2. The van der Waals surface area contributed by atoms with Crippen LogP contribution in [-0.2, 0) is 19.1 Å². The van der Waals surface area contributed by atoms with E-state index in [2.05, 4.69) is 20.9 Å². The lowest BCUT2D eigenvalue weighted by molar-refractivity contribution is -0.144. The Morgan fingerprint density at radius 1 is 1.28 bits per heavy atom. The summed E-state index contributed by atoms with van der Waals surface area (Å²) in [6, 6.07) is 6.30. The van der Waals surface area contributed by atoms with Crippen LogP contribution in [0, 0.1) is 11.7 Å². The Labute approximate surface area is 190 Å². The average molecular weight is 463 g/mol. The van der Waals surface area contributed by atoms with Gasteiger partial charge in [0.25, 0.3) is 0 Å². The van der Waals surface area contributed by atoms with Crippen molar-refractivity contribution in [2.24, 2.45) is 5.92 Å². The van der Waals surface area contributed by atoms with Gasteiger partial charge in [0.15, 0.2) is 0 Å². The highest BCUT2D eigenvalue weighted by molar-refractivity contribution is 8.04. The molecular weight excluding hydrogens is 435 g/mol. The lowest BCUT2D eigenvalue weighted by Gasteiger charge is -2.43. The van der Waals surface area contributed by atoms with Crippen LogP contribution >= 0.6 is 11.8 Å². The van der Waals surface area contributed by atoms with Gasteiger partial charge in [0.1, 0.15) is 23.9 Å². The van der Waals surface area contributed by atoms with Gasteiger partial charge in [-0.15, -0.1) is 11.8 Å². The largest absolute Gasteiger partial charge is 0.465 e. The fourth-order valence-electron chi connectivity index (χ4n) is 4.34. The van der Waals surface area contributed by atoms with Gasteiger partial charge in [-0.2, -0.15) is 0 Å². The van der Waals surface area contributed by atoms with E-state index in [4.69, 9.17) is 4.74 Å². The molecule has 0 aliphatic carbocycles. The first-order valence-electron chi connectivity index (χ1n) is 10.8. The van der Waals surface area contributed by atoms with Gasteiger partial charge >= 0.3 is 5.97 Å². The lowest BCUT2D eigenvalue weighted by atomic mass is 9.94. The van der Waals surface area contributed by atoms with Crippen LogP contribution in [0.3, 0.4) is 0 Å². The molecule has 3 aliphatic heterocycles. The van der Waals surface area contributed by atoms with Crippen LogP contribution in [0.4, 0.5) is 4.39 Å². The van der Waals surface area contributed by atoms with Crippen LogP contribution in [0.5, 0.6) is 0 Å². The summed E-state index contributed by atoms with van der Waals surface area (Å²) in [6.07, 6.45) is 0.838. The number of ether oxygens (including phenoxy) is 1. The van der Waals surface area contributed by atoms with Crippen molar-refractivity contribution in [2.75, 3.05) is 26.2 Å². The molecule has 3 atom stereocenters.